The quantitative estimate of drug-likeness (QED) is 0.900. The number of aromatic nitrogens is 2. The molecule has 0 fully saturated rings. The van der Waals surface area contributed by atoms with Crippen LogP contribution >= 0.6 is 0 Å². The van der Waals surface area contributed by atoms with Crippen molar-refractivity contribution < 1.29 is 4.79 Å². The van der Waals surface area contributed by atoms with Crippen LogP contribution in [0.2, 0.25) is 0 Å². The molecule has 1 unspecified atom stereocenters. The molecule has 0 spiro atoms. The molecule has 1 atom stereocenters. The molecule has 0 saturated heterocycles. The van der Waals surface area contributed by atoms with Gasteiger partial charge in [-0.3, -0.25) is 4.79 Å². The van der Waals surface area contributed by atoms with Crippen LogP contribution in [-0.4, -0.2) is 27.7 Å². The van der Waals surface area contributed by atoms with E-state index < -0.39 is 0 Å². The Morgan fingerprint density at radius 2 is 1.95 bits per heavy atom. The standard InChI is InChI=1S/C15H20N4O/c1-10(14(20)18-15(2,3)4)17-13-9-16-19-12-8-6-5-7-11(12)13/h5-10H,1-4H3,(H,17,19)(H,18,20). The van der Waals surface area contributed by atoms with Crippen LogP contribution in [0.5, 0.6) is 0 Å². The van der Waals surface area contributed by atoms with Crippen LogP contribution in [0.15, 0.2) is 30.5 Å². The second-order valence-corrected chi connectivity index (χ2v) is 5.88. The SMILES string of the molecule is CC(Nc1cnnc2ccccc12)C(=O)NC(C)(C)C. The number of carbonyl (C=O) groups excluding carboxylic acids is 1. The first-order valence-corrected chi connectivity index (χ1v) is 6.66. The molecule has 0 aliphatic heterocycles. The van der Waals surface area contributed by atoms with E-state index in [0.29, 0.717) is 0 Å². The van der Waals surface area contributed by atoms with Gasteiger partial charge >= 0.3 is 0 Å². The lowest BCUT2D eigenvalue weighted by Gasteiger charge is -2.24. The van der Waals surface area contributed by atoms with E-state index in [2.05, 4.69) is 20.8 Å². The summed E-state index contributed by atoms with van der Waals surface area (Å²) in [4.78, 5) is 12.1. The molecule has 1 aromatic heterocycles. The highest BCUT2D eigenvalue weighted by Gasteiger charge is 2.19. The Balaban J connectivity index is 2.18. The highest BCUT2D eigenvalue weighted by atomic mass is 16.2. The van der Waals surface area contributed by atoms with Crippen LogP contribution in [0.25, 0.3) is 10.9 Å². The minimum atomic E-state index is -0.346. The summed E-state index contributed by atoms with van der Waals surface area (Å²) in [5.74, 6) is -0.0432. The maximum absolute atomic E-state index is 12.1. The van der Waals surface area contributed by atoms with Crippen molar-refractivity contribution in [1.29, 1.82) is 0 Å². The summed E-state index contributed by atoms with van der Waals surface area (Å²) >= 11 is 0. The molecule has 5 nitrogen and oxygen atoms in total. The van der Waals surface area contributed by atoms with Crippen LogP contribution in [0.4, 0.5) is 5.69 Å². The van der Waals surface area contributed by atoms with Crippen molar-refractivity contribution in [3.63, 3.8) is 0 Å². The monoisotopic (exact) mass is 272 g/mol. The van der Waals surface area contributed by atoms with Gasteiger partial charge in [0.15, 0.2) is 0 Å². The molecule has 0 saturated carbocycles. The second-order valence-electron chi connectivity index (χ2n) is 5.88. The summed E-state index contributed by atoms with van der Waals surface area (Å²) < 4.78 is 0. The second kappa shape index (κ2) is 5.45. The minimum Gasteiger partial charge on any atom is -0.372 e. The van der Waals surface area contributed by atoms with E-state index in [1.807, 2.05) is 52.0 Å². The van der Waals surface area contributed by atoms with Crippen LogP contribution in [0.1, 0.15) is 27.7 Å². The molecule has 0 aliphatic rings. The Labute approximate surface area is 118 Å². The largest absolute Gasteiger partial charge is 0.372 e. The minimum absolute atomic E-state index is 0.0432. The van der Waals surface area contributed by atoms with Crippen LogP contribution in [0.3, 0.4) is 0 Å². The highest BCUT2D eigenvalue weighted by Crippen LogP contribution is 2.20. The van der Waals surface area contributed by atoms with E-state index in [0.717, 1.165) is 16.6 Å². The van der Waals surface area contributed by atoms with Crippen molar-refractivity contribution in [3.8, 4) is 0 Å². The van der Waals surface area contributed by atoms with Gasteiger partial charge in [-0.1, -0.05) is 18.2 Å². The number of amides is 1. The highest BCUT2D eigenvalue weighted by molar-refractivity contribution is 5.93. The maximum atomic E-state index is 12.1. The number of hydrogen-bond donors (Lipinski definition) is 2. The van der Waals surface area contributed by atoms with Crippen molar-refractivity contribution in [2.75, 3.05) is 5.32 Å². The Hall–Kier alpha value is -2.17. The predicted molar refractivity (Wildman–Crippen MR) is 80.5 cm³/mol. The van der Waals surface area contributed by atoms with Gasteiger partial charge in [-0.15, -0.1) is 0 Å². The van der Waals surface area contributed by atoms with Crippen molar-refractivity contribution in [3.05, 3.63) is 30.5 Å². The normalized spacial score (nSPS) is 13.0. The number of anilines is 1. The molecule has 0 aliphatic carbocycles. The van der Waals surface area contributed by atoms with Gasteiger partial charge in [0.2, 0.25) is 5.91 Å². The van der Waals surface area contributed by atoms with Crippen molar-refractivity contribution in [1.82, 2.24) is 15.5 Å². The zero-order valence-corrected chi connectivity index (χ0v) is 12.3. The first kappa shape index (κ1) is 14.2. The van der Waals surface area contributed by atoms with Gasteiger partial charge in [0, 0.05) is 10.9 Å². The van der Waals surface area contributed by atoms with Crippen molar-refractivity contribution in [2.24, 2.45) is 0 Å². The lowest BCUT2D eigenvalue weighted by atomic mass is 10.1. The third-order valence-corrected chi connectivity index (χ3v) is 2.81. The lowest BCUT2D eigenvalue weighted by Crippen LogP contribution is -2.47. The summed E-state index contributed by atoms with van der Waals surface area (Å²) in [6.07, 6.45) is 1.64. The van der Waals surface area contributed by atoms with E-state index in [-0.39, 0.29) is 17.5 Å². The molecule has 20 heavy (non-hydrogen) atoms. The zero-order valence-electron chi connectivity index (χ0n) is 12.3. The third-order valence-electron chi connectivity index (χ3n) is 2.81. The van der Waals surface area contributed by atoms with Gasteiger partial charge in [-0.25, -0.2) is 0 Å². The molecule has 1 heterocycles. The van der Waals surface area contributed by atoms with Gasteiger partial charge in [-0.2, -0.15) is 10.2 Å². The van der Waals surface area contributed by atoms with Crippen LogP contribution in [-0.2, 0) is 4.79 Å². The summed E-state index contributed by atoms with van der Waals surface area (Å²) in [5, 5.41) is 15.1. The first-order chi connectivity index (χ1) is 9.37. The Kier molecular flexibility index (Phi) is 3.88. The van der Waals surface area contributed by atoms with Gasteiger partial charge < -0.3 is 10.6 Å². The molecular formula is C15H20N4O. The average Bonchev–Trinajstić information content (AvgIpc) is 2.37. The molecule has 106 valence electrons. The zero-order chi connectivity index (χ0) is 14.8. The summed E-state index contributed by atoms with van der Waals surface area (Å²) in [6, 6.07) is 7.36. The Morgan fingerprint density at radius 1 is 1.25 bits per heavy atom. The predicted octanol–water partition coefficient (Wildman–Crippen LogP) is 2.34. The fourth-order valence-corrected chi connectivity index (χ4v) is 1.90. The van der Waals surface area contributed by atoms with Crippen molar-refractivity contribution >= 4 is 22.5 Å². The number of benzene rings is 1. The van der Waals surface area contributed by atoms with E-state index in [1.165, 1.54) is 0 Å². The number of nitrogens with zero attached hydrogens (tertiary/aromatic N) is 2. The summed E-state index contributed by atoms with van der Waals surface area (Å²) in [7, 11) is 0. The van der Waals surface area contributed by atoms with Crippen LogP contribution in [0, 0.1) is 0 Å². The van der Waals surface area contributed by atoms with Gasteiger partial charge in [0.05, 0.1) is 17.4 Å². The average molecular weight is 272 g/mol. The van der Waals surface area contributed by atoms with E-state index in [4.69, 9.17) is 0 Å². The Bertz CT molecular complexity index is 613. The van der Waals surface area contributed by atoms with Gasteiger partial charge in [0.25, 0.3) is 0 Å². The number of fused-ring (bicyclic) bond motifs is 1. The number of nitrogens with one attached hydrogen (secondary N) is 2. The van der Waals surface area contributed by atoms with E-state index in [1.54, 1.807) is 6.20 Å². The fraction of sp³-hybridized carbons (Fsp3) is 0.400. The molecule has 1 aromatic carbocycles. The van der Waals surface area contributed by atoms with Gasteiger partial charge in [-0.05, 0) is 33.8 Å². The van der Waals surface area contributed by atoms with Crippen LogP contribution < -0.4 is 10.6 Å². The molecular weight excluding hydrogens is 252 g/mol. The topological polar surface area (TPSA) is 66.9 Å². The molecule has 2 aromatic rings. The summed E-state index contributed by atoms with van der Waals surface area (Å²) in [6.45, 7) is 7.71. The van der Waals surface area contributed by atoms with E-state index in [9.17, 15) is 4.79 Å². The molecule has 2 rings (SSSR count). The summed E-state index contributed by atoms with van der Waals surface area (Å²) in [5.41, 5.74) is 1.37. The molecule has 5 heteroatoms. The smallest absolute Gasteiger partial charge is 0.242 e. The third kappa shape index (κ3) is 3.44. The molecule has 0 radical (unpaired) electrons. The number of carbonyl (C=O) groups is 1. The van der Waals surface area contributed by atoms with Crippen molar-refractivity contribution in [2.45, 2.75) is 39.3 Å². The maximum Gasteiger partial charge on any atom is 0.242 e. The molecule has 1 amide bonds. The number of hydrogen-bond acceptors (Lipinski definition) is 4. The molecule has 0 bridgehead atoms. The van der Waals surface area contributed by atoms with Gasteiger partial charge in [0.1, 0.15) is 6.04 Å². The lowest BCUT2D eigenvalue weighted by molar-refractivity contribution is -0.122. The molecule has 2 N–H and O–H groups in total. The fourth-order valence-electron chi connectivity index (χ4n) is 1.90. The Morgan fingerprint density at radius 3 is 2.65 bits per heavy atom. The van der Waals surface area contributed by atoms with E-state index >= 15 is 0 Å². The first-order valence-electron chi connectivity index (χ1n) is 6.66. The number of rotatable bonds is 3.